The molecule has 0 spiro atoms. The number of thioether (sulfide) groups is 1. The molecule has 9 heteroatoms. The second-order valence-corrected chi connectivity index (χ2v) is 5.91. The first-order chi connectivity index (χ1) is 9.46. The second-order valence-electron chi connectivity index (χ2n) is 4.96. The van der Waals surface area contributed by atoms with Crippen molar-refractivity contribution in [3.8, 4) is 0 Å². The van der Waals surface area contributed by atoms with Crippen molar-refractivity contribution in [3.63, 3.8) is 0 Å². The first kappa shape index (κ1) is 14.8. The Balaban J connectivity index is 1.88. The van der Waals surface area contributed by atoms with Crippen LogP contribution in [0.25, 0.3) is 0 Å². The lowest BCUT2D eigenvalue weighted by Gasteiger charge is -2.24. The summed E-state index contributed by atoms with van der Waals surface area (Å²) in [5.74, 6) is -1.29. The summed E-state index contributed by atoms with van der Waals surface area (Å²) >= 11 is 1.21. The van der Waals surface area contributed by atoms with Crippen LogP contribution in [0.4, 0.5) is 0 Å². The minimum Gasteiger partial charge on any atom is -0.480 e. The van der Waals surface area contributed by atoms with Gasteiger partial charge in [-0.2, -0.15) is 0 Å². The van der Waals surface area contributed by atoms with Gasteiger partial charge in [-0.25, -0.2) is 9.48 Å². The van der Waals surface area contributed by atoms with Crippen molar-refractivity contribution in [2.24, 2.45) is 0 Å². The van der Waals surface area contributed by atoms with Crippen LogP contribution in [0, 0.1) is 0 Å². The molecule has 110 valence electrons. The van der Waals surface area contributed by atoms with E-state index < -0.39 is 11.5 Å². The third kappa shape index (κ3) is 3.27. The Morgan fingerprint density at radius 3 is 2.80 bits per heavy atom. The van der Waals surface area contributed by atoms with E-state index in [1.54, 1.807) is 11.6 Å². The number of hydrogen-bond acceptors (Lipinski definition) is 6. The van der Waals surface area contributed by atoms with E-state index in [0.717, 1.165) is 12.8 Å². The lowest BCUT2D eigenvalue weighted by atomic mass is 9.99. The molecule has 1 heterocycles. The highest BCUT2D eigenvalue weighted by Gasteiger charge is 2.33. The number of aromatic nitrogens is 4. The SMILES string of the molecule is CCC(C)(NC(=O)CSc1nnnn1C1CC1)C(=O)O. The van der Waals surface area contributed by atoms with Gasteiger partial charge in [-0.3, -0.25) is 4.79 Å². The number of carboxylic acids is 1. The quantitative estimate of drug-likeness (QED) is 0.704. The number of carboxylic acid groups (broad SMARTS) is 1. The predicted octanol–water partition coefficient (Wildman–Crippen LogP) is 0.470. The third-order valence-electron chi connectivity index (χ3n) is 3.28. The van der Waals surface area contributed by atoms with Crippen molar-refractivity contribution < 1.29 is 14.7 Å². The Kier molecular flexibility index (Phi) is 4.26. The van der Waals surface area contributed by atoms with Crippen LogP contribution in [0.5, 0.6) is 0 Å². The van der Waals surface area contributed by atoms with Gasteiger partial charge >= 0.3 is 5.97 Å². The zero-order valence-corrected chi connectivity index (χ0v) is 12.2. The van der Waals surface area contributed by atoms with Gasteiger partial charge in [0.25, 0.3) is 0 Å². The van der Waals surface area contributed by atoms with Crippen LogP contribution in [0.15, 0.2) is 5.16 Å². The Bertz CT molecular complexity index is 516. The number of hydrogen-bond donors (Lipinski definition) is 2. The number of tetrazole rings is 1. The fraction of sp³-hybridized carbons (Fsp3) is 0.727. The van der Waals surface area contributed by atoms with Crippen LogP contribution in [-0.4, -0.2) is 48.5 Å². The van der Waals surface area contributed by atoms with Crippen molar-refractivity contribution in [1.82, 2.24) is 25.5 Å². The van der Waals surface area contributed by atoms with Gasteiger partial charge in [0.15, 0.2) is 0 Å². The van der Waals surface area contributed by atoms with Gasteiger partial charge < -0.3 is 10.4 Å². The molecule has 1 atom stereocenters. The molecule has 1 amide bonds. The zero-order chi connectivity index (χ0) is 14.8. The number of aliphatic carboxylic acids is 1. The molecule has 8 nitrogen and oxygen atoms in total. The molecule has 1 aromatic rings. The molecule has 0 aromatic carbocycles. The fourth-order valence-electron chi connectivity index (χ4n) is 1.60. The molecule has 2 N–H and O–H groups in total. The molecular formula is C11H17N5O3S. The summed E-state index contributed by atoms with van der Waals surface area (Å²) < 4.78 is 1.72. The highest BCUT2D eigenvalue weighted by molar-refractivity contribution is 7.99. The average Bonchev–Trinajstić information content (AvgIpc) is 3.15. The van der Waals surface area contributed by atoms with Crippen LogP contribution in [-0.2, 0) is 9.59 Å². The molecule has 1 aromatic heterocycles. The summed E-state index contributed by atoms with van der Waals surface area (Å²) in [6, 6.07) is 0.343. The number of amides is 1. The van der Waals surface area contributed by atoms with Crippen molar-refractivity contribution >= 4 is 23.6 Å². The lowest BCUT2D eigenvalue weighted by Crippen LogP contribution is -2.52. The van der Waals surface area contributed by atoms with Crippen molar-refractivity contribution in [3.05, 3.63) is 0 Å². The number of rotatable bonds is 7. The van der Waals surface area contributed by atoms with Crippen LogP contribution < -0.4 is 5.32 Å². The molecular weight excluding hydrogens is 282 g/mol. The zero-order valence-electron chi connectivity index (χ0n) is 11.4. The summed E-state index contributed by atoms with van der Waals surface area (Å²) in [4.78, 5) is 23.0. The van der Waals surface area contributed by atoms with Gasteiger partial charge in [-0.05, 0) is 36.6 Å². The highest BCUT2D eigenvalue weighted by Crippen LogP contribution is 2.36. The maximum atomic E-state index is 11.8. The molecule has 20 heavy (non-hydrogen) atoms. The summed E-state index contributed by atoms with van der Waals surface area (Å²) in [5.41, 5.74) is -1.24. The standard InChI is InChI=1S/C11H17N5O3S/c1-3-11(2,9(18)19)12-8(17)6-20-10-13-14-15-16(10)7-4-5-7/h7H,3-6H2,1-2H3,(H,12,17)(H,18,19). The van der Waals surface area contributed by atoms with Crippen molar-refractivity contribution in [2.45, 2.75) is 49.8 Å². The minimum atomic E-state index is -1.24. The van der Waals surface area contributed by atoms with E-state index in [2.05, 4.69) is 20.8 Å². The molecule has 0 aliphatic heterocycles. The first-order valence-corrected chi connectivity index (χ1v) is 7.40. The number of carbonyl (C=O) groups excluding carboxylic acids is 1. The number of carbonyl (C=O) groups is 2. The van der Waals surface area contributed by atoms with E-state index in [0.29, 0.717) is 17.6 Å². The average molecular weight is 299 g/mol. The predicted molar refractivity (Wildman–Crippen MR) is 71.3 cm³/mol. The van der Waals surface area contributed by atoms with Crippen LogP contribution in [0.1, 0.15) is 39.2 Å². The first-order valence-electron chi connectivity index (χ1n) is 6.41. The van der Waals surface area contributed by atoms with Crippen molar-refractivity contribution in [1.29, 1.82) is 0 Å². The summed E-state index contributed by atoms with van der Waals surface area (Å²) in [7, 11) is 0. The normalized spacial score (nSPS) is 17.5. The van der Waals surface area contributed by atoms with Crippen LogP contribution >= 0.6 is 11.8 Å². The molecule has 0 saturated heterocycles. The molecule has 1 aliphatic carbocycles. The van der Waals surface area contributed by atoms with E-state index in [4.69, 9.17) is 5.11 Å². The lowest BCUT2D eigenvalue weighted by molar-refractivity contribution is -0.146. The fourth-order valence-corrected chi connectivity index (χ4v) is 2.34. The van der Waals surface area contributed by atoms with E-state index in [9.17, 15) is 9.59 Å². The third-order valence-corrected chi connectivity index (χ3v) is 4.22. The van der Waals surface area contributed by atoms with E-state index in [1.165, 1.54) is 18.7 Å². The summed E-state index contributed by atoms with van der Waals surface area (Å²) in [6.07, 6.45) is 2.42. The monoisotopic (exact) mass is 299 g/mol. The smallest absolute Gasteiger partial charge is 0.329 e. The molecule has 2 rings (SSSR count). The molecule has 1 unspecified atom stereocenters. The van der Waals surface area contributed by atoms with Gasteiger partial charge in [0.2, 0.25) is 11.1 Å². The Morgan fingerprint density at radius 1 is 1.55 bits per heavy atom. The molecule has 1 saturated carbocycles. The van der Waals surface area contributed by atoms with Crippen molar-refractivity contribution in [2.75, 3.05) is 5.75 Å². The Morgan fingerprint density at radius 2 is 2.25 bits per heavy atom. The van der Waals surface area contributed by atoms with E-state index >= 15 is 0 Å². The topological polar surface area (TPSA) is 110 Å². The van der Waals surface area contributed by atoms with Gasteiger partial charge in [-0.1, -0.05) is 18.7 Å². The van der Waals surface area contributed by atoms with E-state index in [-0.39, 0.29) is 11.7 Å². The number of nitrogens with one attached hydrogen (secondary N) is 1. The van der Waals surface area contributed by atoms with Gasteiger partial charge in [-0.15, -0.1) is 5.10 Å². The Labute approximate surface area is 120 Å². The molecule has 0 bridgehead atoms. The second kappa shape index (κ2) is 5.78. The molecule has 0 radical (unpaired) electrons. The summed E-state index contributed by atoms with van der Waals surface area (Å²) in [6.45, 7) is 3.21. The maximum absolute atomic E-state index is 11.8. The van der Waals surface area contributed by atoms with Crippen LogP contribution in [0.2, 0.25) is 0 Å². The largest absolute Gasteiger partial charge is 0.480 e. The van der Waals surface area contributed by atoms with Gasteiger partial charge in [0, 0.05) is 0 Å². The summed E-state index contributed by atoms with van der Waals surface area (Å²) in [5, 5.41) is 23.6. The molecule has 1 fully saturated rings. The highest BCUT2D eigenvalue weighted by atomic mass is 32.2. The van der Waals surface area contributed by atoms with Gasteiger partial charge in [0.05, 0.1) is 11.8 Å². The van der Waals surface area contributed by atoms with Crippen LogP contribution in [0.3, 0.4) is 0 Å². The molecule has 1 aliphatic rings. The van der Waals surface area contributed by atoms with E-state index in [1.807, 2.05) is 0 Å². The minimum absolute atomic E-state index is 0.0932. The number of nitrogens with zero attached hydrogens (tertiary/aromatic N) is 4. The Hall–Kier alpha value is -1.64. The van der Waals surface area contributed by atoms with Gasteiger partial charge in [0.1, 0.15) is 5.54 Å². The maximum Gasteiger partial charge on any atom is 0.329 e.